The minimum Gasteiger partial charge on any atom is -0.466 e. The SMILES string of the molecule is Cc1cc(C(=O)N(C)Cc2ccc3ccccc3c2)c(C)o1. The van der Waals surface area contributed by atoms with Crippen molar-refractivity contribution in [1.29, 1.82) is 0 Å². The molecule has 1 heterocycles. The molecule has 3 aromatic rings. The molecule has 0 unspecified atom stereocenters. The Bertz CT molecular complexity index is 832. The highest BCUT2D eigenvalue weighted by Gasteiger charge is 2.17. The molecule has 0 saturated carbocycles. The first-order valence-electron chi connectivity index (χ1n) is 7.35. The summed E-state index contributed by atoms with van der Waals surface area (Å²) in [5.74, 6) is 1.43. The zero-order valence-corrected chi connectivity index (χ0v) is 13.1. The summed E-state index contributed by atoms with van der Waals surface area (Å²) in [4.78, 5) is 14.2. The van der Waals surface area contributed by atoms with E-state index in [0.717, 1.165) is 11.3 Å². The van der Waals surface area contributed by atoms with Gasteiger partial charge in [0.25, 0.3) is 5.91 Å². The lowest BCUT2D eigenvalue weighted by Crippen LogP contribution is -2.26. The van der Waals surface area contributed by atoms with Gasteiger partial charge >= 0.3 is 0 Å². The summed E-state index contributed by atoms with van der Waals surface area (Å²) in [6.07, 6.45) is 0. The molecule has 0 spiro atoms. The molecule has 0 fully saturated rings. The monoisotopic (exact) mass is 293 g/mol. The van der Waals surface area contributed by atoms with Crippen LogP contribution >= 0.6 is 0 Å². The Labute approximate surface area is 130 Å². The Kier molecular flexibility index (Phi) is 3.72. The van der Waals surface area contributed by atoms with E-state index in [4.69, 9.17) is 4.42 Å². The number of aryl methyl sites for hydroxylation is 2. The van der Waals surface area contributed by atoms with Crippen LogP contribution in [0.2, 0.25) is 0 Å². The average molecular weight is 293 g/mol. The number of nitrogens with zero attached hydrogens (tertiary/aromatic N) is 1. The van der Waals surface area contributed by atoms with E-state index in [-0.39, 0.29) is 5.91 Å². The summed E-state index contributed by atoms with van der Waals surface area (Å²) in [6, 6.07) is 16.3. The number of fused-ring (bicyclic) bond motifs is 1. The highest BCUT2D eigenvalue weighted by Crippen LogP contribution is 2.19. The van der Waals surface area contributed by atoms with Gasteiger partial charge in [-0.15, -0.1) is 0 Å². The number of furan rings is 1. The fraction of sp³-hybridized carbons (Fsp3) is 0.211. The van der Waals surface area contributed by atoms with Crippen LogP contribution in [0.1, 0.15) is 27.4 Å². The summed E-state index contributed by atoms with van der Waals surface area (Å²) in [7, 11) is 1.82. The van der Waals surface area contributed by atoms with Crippen LogP contribution in [0.25, 0.3) is 10.8 Å². The molecule has 3 rings (SSSR count). The number of rotatable bonds is 3. The maximum atomic E-state index is 12.5. The molecule has 3 heteroatoms. The van der Waals surface area contributed by atoms with Gasteiger partial charge in [0.15, 0.2) is 0 Å². The summed E-state index contributed by atoms with van der Waals surface area (Å²) >= 11 is 0. The maximum Gasteiger partial charge on any atom is 0.257 e. The van der Waals surface area contributed by atoms with E-state index in [1.807, 2.05) is 33.0 Å². The summed E-state index contributed by atoms with van der Waals surface area (Å²) < 4.78 is 5.45. The standard InChI is InChI=1S/C19H19NO2/c1-13-10-18(14(2)22-13)19(21)20(3)12-15-8-9-16-6-4-5-7-17(16)11-15/h4-11H,12H2,1-3H3. The van der Waals surface area contributed by atoms with Crippen molar-refractivity contribution >= 4 is 16.7 Å². The van der Waals surface area contributed by atoms with Gasteiger partial charge < -0.3 is 9.32 Å². The van der Waals surface area contributed by atoms with Crippen LogP contribution in [-0.2, 0) is 6.54 Å². The van der Waals surface area contributed by atoms with E-state index < -0.39 is 0 Å². The van der Waals surface area contributed by atoms with Crippen LogP contribution in [0.3, 0.4) is 0 Å². The lowest BCUT2D eigenvalue weighted by molar-refractivity contribution is 0.0783. The number of hydrogen-bond donors (Lipinski definition) is 0. The molecule has 22 heavy (non-hydrogen) atoms. The molecule has 1 amide bonds. The third-order valence-electron chi connectivity index (χ3n) is 3.85. The Morgan fingerprint density at radius 3 is 2.45 bits per heavy atom. The van der Waals surface area contributed by atoms with Gasteiger partial charge in [-0.3, -0.25) is 4.79 Å². The first kappa shape index (κ1) is 14.4. The molecule has 1 aromatic heterocycles. The van der Waals surface area contributed by atoms with Crippen molar-refractivity contribution < 1.29 is 9.21 Å². The highest BCUT2D eigenvalue weighted by molar-refractivity contribution is 5.95. The van der Waals surface area contributed by atoms with Crippen LogP contribution in [-0.4, -0.2) is 17.9 Å². The third-order valence-corrected chi connectivity index (χ3v) is 3.85. The van der Waals surface area contributed by atoms with Crippen molar-refractivity contribution in [1.82, 2.24) is 4.90 Å². The molecular formula is C19H19NO2. The van der Waals surface area contributed by atoms with Crippen LogP contribution in [0, 0.1) is 13.8 Å². The molecule has 0 atom stereocenters. The zero-order chi connectivity index (χ0) is 15.7. The molecule has 112 valence electrons. The second-order valence-electron chi connectivity index (χ2n) is 5.67. The molecule has 0 saturated heterocycles. The van der Waals surface area contributed by atoms with Gasteiger partial charge in [-0.1, -0.05) is 36.4 Å². The van der Waals surface area contributed by atoms with Gasteiger partial charge in [0, 0.05) is 13.6 Å². The van der Waals surface area contributed by atoms with Crippen LogP contribution < -0.4 is 0 Å². The van der Waals surface area contributed by atoms with Crippen LogP contribution in [0.4, 0.5) is 0 Å². The second-order valence-corrected chi connectivity index (χ2v) is 5.67. The van der Waals surface area contributed by atoms with Crippen molar-refractivity contribution in [2.45, 2.75) is 20.4 Å². The third kappa shape index (κ3) is 2.75. The fourth-order valence-corrected chi connectivity index (χ4v) is 2.73. The quantitative estimate of drug-likeness (QED) is 0.720. The van der Waals surface area contributed by atoms with Gasteiger partial charge in [0.2, 0.25) is 0 Å². The van der Waals surface area contributed by atoms with Crippen molar-refractivity contribution in [3.8, 4) is 0 Å². The van der Waals surface area contributed by atoms with Crippen LogP contribution in [0.15, 0.2) is 52.9 Å². The van der Waals surface area contributed by atoms with Crippen molar-refractivity contribution in [3.63, 3.8) is 0 Å². The molecule has 0 aliphatic heterocycles. The Morgan fingerprint density at radius 1 is 1.05 bits per heavy atom. The van der Waals surface area contributed by atoms with Crippen molar-refractivity contribution in [2.24, 2.45) is 0 Å². The van der Waals surface area contributed by atoms with E-state index in [2.05, 4.69) is 30.3 Å². The molecule has 2 aromatic carbocycles. The molecule has 0 N–H and O–H groups in total. The number of hydrogen-bond acceptors (Lipinski definition) is 2. The Balaban J connectivity index is 1.81. The van der Waals surface area contributed by atoms with Crippen molar-refractivity contribution in [3.05, 3.63) is 71.2 Å². The fourth-order valence-electron chi connectivity index (χ4n) is 2.73. The normalized spacial score (nSPS) is 10.9. The number of carbonyl (C=O) groups is 1. The topological polar surface area (TPSA) is 33.5 Å². The predicted octanol–water partition coefficient (Wildman–Crippen LogP) is 4.32. The number of benzene rings is 2. The van der Waals surface area contributed by atoms with E-state index in [0.29, 0.717) is 17.9 Å². The zero-order valence-electron chi connectivity index (χ0n) is 13.1. The van der Waals surface area contributed by atoms with E-state index in [1.165, 1.54) is 10.8 Å². The number of amides is 1. The van der Waals surface area contributed by atoms with Gasteiger partial charge in [-0.25, -0.2) is 0 Å². The first-order chi connectivity index (χ1) is 10.5. The van der Waals surface area contributed by atoms with Gasteiger partial charge in [0.05, 0.1) is 5.56 Å². The van der Waals surface area contributed by atoms with Gasteiger partial charge in [-0.2, -0.15) is 0 Å². The highest BCUT2D eigenvalue weighted by atomic mass is 16.3. The Hall–Kier alpha value is -2.55. The van der Waals surface area contributed by atoms with E-state index in [9.17, 15) is 4.79 Å². The molecule has 0 aliphatic carbocycles. The van der Waals surface area contributed by atoms with Crippen LogP contribution in [0.5, 0.6) is 0 Å². The van der Waals surface area contributed by atoms with E-state index in [1.54, 1.807) is 11.0 Å². The first-order valence-corrected chi connectivity index (χ1v) is 7.35. The smallest absolute Gasteiger partial charge is 0.257 e. The average Bonchev–Trinajstić information content (AvgIpc) is 2.85. The molecule has 0 radical (unpaired) electrons. The predicted molar refractivity (Wildman–Crippen MR) is 87.9 cm³/mol. The lowest BCUT2D eigenvalue weighted by Gasteiger charge is -2.17. The molecule has 0 aliphatic rings. The van der Waals surface area contributed by atoms with Gasteiger partial charge in [0.1, 0.15) is 11.5 Å². The summed E-state index contributed by atoms with van der Waals surface area (Å²) in [5.41, 5.74) is 1.76. The number of carbonyl (C=O) groups excluding carboxylic acids is 1. The van der Waals surface area contributed by atoms with Gasteiger partial charge in [-0.05, 0) is 42.3 Å². The lowest BCUT2D eigenvalue weighted by atomic mass is 10.1. The summed E-state index contributed by atoms with van der Waals surface area (Å²) in [5, 5.41) is 2.40. The maximum absolute atomic E-state index is 12.5. The van der Waals surface area contributed by atoms with Crippen molar-refractivity contribution in [2.75, 3.05) is 7.05 Å². The minimum atomic E-state index is -0.0116. The molecular weight excluding hydrogens is 274 g/mol. The summed E-state index contributed by atoms with van der Waals surface area (Å²) in [6.45, 7) is 4.25. The minimum absolute atomic E-state index is 0.0116. The Morgan fingerprint density at radius 2 is 1.77 bits per heavy atom. The van der Waals surface area contributed by atoms with E-state index >= 15 is 0 Å². The molecule has 0 bridgehead atoms. The second kappa shape index (κ2) is 5.68. The molecule has 3 nitrogen and oxygen atoms in total. The largest absolute Gasteiger partial charge is 0.466 e.